The van der Waals surface area contributed by atoms with Gasteiger partial charge < -0.3 is 15.1 Å². The van der Waals surface area contributed by atoms with Crippen LogP contribution in [0.25, 0.3) is 11.1 Å². The molecule has 0 radical (unpaired) electrons. The molecule has 1 saturated heterocycles. The van der Waals surface area contributed by atoms with Crippen molar-refractivity contribution in [3.63, 3.8) is 0 Å². The number of hydrogen-bond donors (Lipinski definition) is 1. The first-order valence-corrected chi connectivity index (χ1v) is 10.5. The second-order valence-corrected chi connectivity index (χ2v) is 7.64. The van der Waals surface area contributed by atoms with E-state index < -0.39 is 6.04 Å². The van der Waals surface area contributed by atoms with Gasteiger partial charge in [0.2, 0.25) is 5.91 Å². The van der Waals surface area contributed by atoms with E-state index in [2.05, 4.69) is 10.5 Å². The maximum atomic E-state index is 13.3. The van der Waals surface area contributed by atoms with Gasteiger partial charge in [-0.3, -0.25) is 9.59 Å². The number of nitrogens with one attached hydrogen (secondary N) is 1. The average Bonchev–Trinajstić information content (AvgIpc) is 3.28. The van der Waals surface area contributed by atoms with Crippen LogP contribution in [0.2, 0.25) is 0 Å². The van der Waals surface area contributed by atoms with Crippen LogP contribution in [0.3, 0.4) is 0 Å². The van der Waals surface area contributed by atoms with Crippen LogP contribution in [-0.2, 0) is 16.2 Å². The number of carbonyl (C=O) groups excluding carboxylic acids is 2. The van der Waals surface area contributed by atoms with E-state index in [0.717, 1.165) is 16.7 Å². The maximum Gasteiger partial charge on any atom is 0.254 e. The number of likely N-dealkylation sites (tertiary alicyclic amines) is 1. The van der Waals surface area contributed by atoms with Crippen LogP contribution >= 0.6 is 0 Å². The summed E-state index contributed by atoms with van der Waals surface area (Å²) < 4.78 is 0. The molecule has 3 aromatic rings. The van der Waals surface area contributed by atoms with Gasteiger partial charge in [-0.25, -0.2) is 0 Å². The van der Waals surface area contributed by atoms with Crippen molar-refractivity contribution in [3.8, 4) is 11.1 Å². The lowest BCUT2D eigenvalue weighted by Gasteiger charge is -2.23. The molecule has 6 nitrogen and oxygen atoms in total. The topological polar surface area (TPSA) is 71.0 Å². The molecule has 3 aromatic carbocycles. The van der Waals surface area contributed by atoms with Crippen molar-refractivity contribution >= 4 is 17.5 Å². The molecule has 0 unspecified atom stereocenters. The summed E-state index contributed by atoms with van der Waals surface area (Å²) in [5.74, 6) is -0.407. The fourth-order valence-corrected chi connectivity index (χ4v) is 3.85. The Bertz CT molecular complexity index is 1100. The largest absolute Gasteiger partial charge is 0.399 e. The summed E-state index contributed by atoms with van der Waals surface area (Å²) in [6.45, 7) is 0.664. The SMILES string of the molecule is CON=C1C[C@@H](C(=O)NCc2ccccc2)N(C(=O)c2ccc(-c3ccccc3)cc2)C1. The molecule has 1 aliphatic rings. The van der Waals surface area contributed by atoms with Crippen LogP contribution in [0.15, 0.2) is 90.1 Å². The van der Waals surface area contributed by atoms with Crippen LogP contribution in [0.1, 0.15) is 22.3 Å². The molecule has 0 spiro atoms. The van der Waals surface area contributed by atoms with Crippen molar-refractivity contribution in [2.45, 2.75) is 19.0 Å². The first kappa shape index (κ1) is 21.3. The van der Waals surface area contributed by atoms with Crippen molar-refractivity contribution in [1.29, 1.82) is 0 Å². The van der Waals surface area contributed by atoms with Crippen molar-refractivity contribution < 1.29 is 14.4 Å². The molecule has 32 heavy (non-hydrogen) atoms. The van der Waals surface area contributed by atoms with Crippen LogP contribution in [0.4, 0.5) is 0 Å². The minimum atomic E-state index is -0.631. The van der Waals surface area contributed by atoms with E-state index in [1.165, 1.54) is 7.11 Å². The van der Waals surface area contributed by atoms with Crippen molar-refractivity contribution in [1.82, 2.24) is 10.2 Å². The van der Waals surface area contributed by atoms with Gasteiger partial charge in [-0.1, -0.05) is 78.0 Å². The van der Waals surface area contributed by atoms with Crippen LogP contribution in [0, 0.1) is 0 Å². The third-order valence-corrected chi connectivity index (χ3v) is 5.49. The average molecular weight is 428 g/mol. The first-order valence-electron chi connectivity index (χ1n) is 10.5. The second-order valence-electron chi connectivity index (χ2n) is 7.64. The van der Waals surface area contributed by atoms with Crippen molar-refractivity contribution in [2.24, 2.45) is 5.16 Å². The minimum Gasteiger partial charge on any atom is -0.399 e. The van der Waals surface area contributed by atoms with Gasteiger partial charge in [0.05, 0.1) is 12.3 Å². The molecule has 162 valence electrons. The van der Waals surface area contributed by atoms with Crippen LogP contribution < -0.4 is 5.32 Å². The lowest BCUT2D eigenvalue weighted by molar-refractivity contribution is -0.124. The molecule has 4 rings (SSSR count). The van der Waals surface area contributed by atoms with E-state index in [0.29, 0.717) is 24.2 Å². The first-order chi connectivity index (χ1) is 15.7. The Balaban J connectivity index is 1.50. The summed E-state index contributed by atoms with van der Waals surface area (Å²) in [4.78, 5) is 32.7. The number of oxime groups is 1. The normalized spacial score (nSPS) is 16.7. The molecule has 0 bridgehead atoms. The number of carbonyl (C=O) groups is 2. The second kappa shape index (κ2) is 9.92. The standard InChI is InChI=1S/C26H25N3O3/c1-32-28-23-16-24(25(30)27-17-19-8-4-2-5-9-19)29(18-23)26(31)22-14-12-21(13-15-22)20-10-6-3-7-11-20/h2-15,24H,16-18H2,1H3,(H,27,30)/t24-/m0/s1. The zero-order valence-electron chi connectivity index (χ0n) is 17.9. The highest BCUT2D eigenvalue weighted by Gasteiger charge is 2.38. The molecule has 6 heteroatoms. The number of rotatable bonds is 6. The highest BCUT2D eigenvalue weighted by molar-refractivity contribution is 6.05. The molecule has 1 heterocycles. The predicted molar refractivity (Wildman–Crippen MR) is 124 cm³/mol. The predicted octanol–water partition coefficient (Wildman–Crippen LogP) is 3.89. The fraction of sp³-hybridized carbons (Fsp3) is 0.192. The van der Waals surface area contributed by atoms with E-state index >= 15 is 0 Å². The van der Waals surface area contributed by atoms with Gasteiger partial charge in [0, 0.05) is 18.5 Å². The number of benzene rings is 3. The van der Waals surface area contributed by atoms with E-state index in [1.54, 1.807) is 17.0 Å². The summed E-state index contributed by atoms with van der Waals surface area (Å²) in [7, 11) is 1.46. The fourth-order valence-electron chi connectivity index (χ4n) is 3.85. The highest BCUT2D eigenvalue weighted by atomic mass is 16.6. The van der Waals surface area contributed by atoms with Crippen molar-refractivity contribution in [3.05, 3.63) is 96.1 Å². The molecule has 0 saturated carbocycles. The van der Waals surface area contributed by atoms with Crippen LogP contribution in [0.5, 0.6) is 0 Å². The lowest BCUT2D eigenvalue weighted by Crippen LogP contribution is -2.45. The molecule has 1 atom stereocenters. The summed E-state index contributed by atoms with van der Waals surface area (Å²) in [5, 5.41) is 6.94. The van der Waals surface area contributed by atoms with Gasteiger partial charge in [-0.15, -0.1) is 0 Å². The molecular formula is C26H25N3O3. The number of hydrogen-bond acceptors (Lipinski definition) is 4. The van der Waals surface area contributed by atoms with E-state index in [4.69, 9.17) is 4.84 Å². The summed E-state index contributed by atoms with van der Waals surface area (Å²) >= 11 is 0. The molecule has 1 N–H and O–H groups in total. The summed E-state index contributed by atoms with van der Waals surface area (Å²) in [6, 6.07) is 26.5. The number of nitrogens with zero attached hydrogens (tertiary/aromatic N) is 2. The Morgan fingerprint density at radius 2 is 1.56 bits per heavy atom. The van der Waals surface area contributed by atoms with Gasteiger partial charge in [0.1, 0.15) is 13.2 Å². The van der Waals surface area contributed by atoms with E-state index in [9.17, 15) is 9.59 Å². The minimum absolute atomic E-state index is 0.203. The molecule has 1 fully saturated rings. The van der Waals surface area contributed by atoms with Crippen molar-refractivity contribution in [2.75, 3.05) is 13.7 Å². The van der Waals surface area contributed by atoms with Gasteiger partial charge in [-0.2, -0.15) is 0 Å². The van der Waals surface area contributed by atoms with E-state index in [1.807, 2.05) is 72.8 Å². The third kappa shape index (κ3) is 4.86. The van der Waals surface area contributed by atoms with Gasteiger partial charge in [0.25, 0.3) is 5.91 Å². The Morgan fingerprint density at radius 3 is 2.22 bits per heavy atom. The molecular weight excluding hydrogens is 402 g/mol. The van der Waals surface area contributed by atoms with E-state index in [-0.39, 0.29) is 18.4 Å². The summed E-state index contributed by atoms with van der Waals surface area (Å²) in [5.41, 5.74) is 4.31. The zero-order valence-corrected chi connectivity index (χ0v) is 17.9. The highest BCUT2D eigenvalue weighted by Crippen LogP contribution is 2.23. The smallest absolute Gasteiger partial charge is 0.254 e. The summed E-state index contributed by atoms with van der Waals surface area (Å²) in [6.07, 6.45) is 0.350. The Morgan fingerprint density at radius 1 is 0.938 bits per heavy atom. The lowest BCUT2D eigenvalue weighted by atomic mass is 10.0. The van der Waals surface area contributed by atoms with Gasteiger partial charge in [-0.05, 0) is 28.8 Å². The third-order valence-electron chi connectivity index (χ3n) is 5.49. The quantitative estimate of drug-likeness (QED) is 0.607. The molecule has 1 aliphatic heterocycles. The molecule has 0 aliphatic carbocycles. The number of amides is 2. The van der Waals surface area contributed by atoms with Gasteiger partial charge >= 0.3 is 0 Å². The zero-order chi connectivity index (χ0) is 22.3. The van der Waals surface area contributed by atoms with Crippen LogP contribution in [-0.4, -0.2) is 42.1 Å². The molecule has 0 aromatic heterocycles. The monoisotopic (exact) mass is 427 g/mol. The Labute approximate surface area is 187 Å². The Kier molecular flexibility index (Phi) is 6.60. The maximum absolute atomic E-state index is 13.3. The Hall–Kier alpha value is -3.93. The molecule has 2 amide bonds. The van der Waals surface area contributed by atoms with Gasteiger partial charge in [0.15, 0.2) is 0 Å².